The van der Waals surface area contributed by atoms with Gasteiger partial charge in [-0.1, -0.05) is 19.4 Å². The first-order chi connectivity index (χ1) is 9.54. The Morgan fingerprint density at radius 2 is 2.10 bits per heavy atom. The second-order valence-corrected chi connectivity index (χ2v) is 6.94. The van der Waals surface area contributed by atoms with Crippen LogP contribution in [-0.4, -0.2) is 41.9 Å². The van der Waals surface area contributed by atoms with Gasteiger partial charge in [-0.2, -0.15) is 0 Å². The molecule has 0 bridgehead atoms. The lowest BCUT2D eigenvalue weighted by molar-refractivity contribution is -0.915. The molecule has 0 aromatic carbocycles. The van der Waals surface area contributed by atoms with Crippen LogP contribution in [0, 0.1) is 5.92 Å². The van der Waals surface area contributed by atoms with Crippen LogP contribution in [0.1, 0.15) is 43.1 Å². The Morgan fingerprint density at radius 1 is 1.40 bits per heavy atom. The molecule has 1 aliphatic heterocycles. The highest BCUT2D eigenvalue weighted by Gasteiger charge is 2.33. The van der Waals surface area contributed by atoms with Crippen molar-refractivity contribution in [1.82, 2.24) is 4.98 Å². The highest BCUT2D eigenvalue weighted by Crippen LogP contribution is 2.25. The zero-order valence-electron chi connectivity index (χ0n) is 12.4. The van der Waals surface area contributed by atoms with Gasteiger partial charge in [0.1, 0.15) is 10.3 Å². The van der Waals surface area contributed by atoms with Crippen LogP contribution >= 0.6 is 15.9 Å². The summed E-state index contributed by atoms with van der Waals surface area (Å²) in [4.78, 5) is 16.8. The molecule has 1 fully saturated rings. The molecule has 20 heavy (non-hydrogen) atoms. The molecular formula is C16H24BrN2O+. The van der Waals surface area contributed by atoms with Crippen LogP contribution in [0.3, 0.4) is 0 Å². The van der Waals surface area contributed by atoms with Gasteiger partial charge in [0.25, 0.3) is 0 Å². The SMILES string of the molecule is CCCC[N+]1(C)CCC(C(=O)c2cccc(Br)n2)CC1. The molecule has 0 atom stereocenters. The Balaban J connectivity index is 1.95. The molecule has 1 aromatic heterocycles. The third-order valence-corrected chi connectivity index (χ3v) is 4.87. The van der Waals surface area contributed by atoms with Crippen LogP contribution < -0.4 is 0 Å². The Labute approximate surface area is 130 Å². The summed E-state index contributed by atoms with van der Waals surface area (Å²) >= 11 is 3.33. The zero-order chi connectivity index (χ0) is 14.6. The topological polar surface area (TPSA) is 30.0 Å². The summed E-state index contributed by atoms with van der Waals surface area (Å²) in [6.45, 7) is 5.71. The molecule has 0 N–H and O–H groups in total. The molecular weight excluding hydrogens is 316 g/mol. The predicted octanol–water partition coefficient (Wildman–Crippen LogP) is 3.68. The number of rotatable bonds is 5. The Hall–Kier alpha value is -0.740. The second-order valence-electron chi connectivity index (χ2n) is 6.13. The normalized spacial score (nSPS) is 26.4. The van der Waals surface area contributed by atoms with E-state index >= 15 is 0 Å². The lowest BCUT2D eigenvalue weighted by Crippen LogP contribution is -2.51. The molecule has 2 heterocycles. The van der Waals surface area contributed by atoms with Gasteiger partial charge in [-0.15, -0.1) is 0 Å². The van der Waals surface area contributed by atoms with Gasteiger partial charge in [0, 0.05) is 18.8 Å². The first-order valence-corrected chi connectivity index (χ1v) is 8.34. The number of pyridine rings is 1. The number of hydrogen-bond donors (Lipinski definition) is 0. The van der Waals surface area contributed by atoms with Gasteiger partial charge in [-0.25, -0.2) is 4.98 Å². The van der Waals surface area contributed by atoms with E-state index in [0.29, 0.717) is 5.69 Å². The number of likely N-dealkylation sites (tertiary alicyclic amines) is 1. The largest absolute Gasteiger partial charge is 0.326 e. The number of halogens is 1. The number of nitrogens with zero attached hydrogens (tertiary/aromatic N) is 2. The standard InChI is InChI=1S/C16H24BrN2O/c1-3-4-10-19(2)11-8-13(9-12-19)16(20)14-6-5-7-15(17)18-14/h5-7,13H,3-4,8-12H2,1-2H3/q+1. The van der Waals surface area contributed by atoms with Crippen molar-refractivity contribution in [2.75, 3.05) is 26.7 Å². The predicted molar refractivity (Wildman–Crippen MR) is 84.7 cm³/mol. The second kappa shape index (κ2) is 6.81. The van der Waals surface area contributed by atoms with E-state index in [4.69, 9.17) is 0 Å². The Kier molecular flexibility index (Phi) is 5.33. The quantitative estimate of drug-likeness (QED) is 0.465. The maximum absolute atomic E-state index is 12.5. The van der Waals surface area contributed by atoms with Gasteiger partial charge >= 0.3 is 0 Å². The summed E-state index contributed by atoms with van der Waals surface area (Å²) in [5, 5.41) is 0. The number of quaternary nitrogens is 1. The average Bonchev–Trinajstić information content (AvgIpc) is 2.45. The van der Waals surface area contributed by atoms with Crippen LogP contribution in [0.4, 0.5) is 0 Å². The van der Waals surface area contributed by atoms with Gasteiger partial charge in [-0.05, 0) is 34.5 Å². The molecule has 0 spiro atoms. The molecule has 2 rings (SSSR count). The highest BCUT2D eigenvalue weighted by atomic mass is 79.9. The van der Waals surface area contributed by atoms with E-state index in [1.54, 1.807) is 0 Å². The van der Waals surface area contributed by atoms with Crippen LogP contribution in [0.15, 0.2) is 22.8 Å². The Morgan fingerprint density at radius 3 is 2.70 bits per heavy atom. The maximum atomic E-state index is 12.5. The van der Waals surface area contributed by atoms with Crippen molar-refractivity contribution in [2.45, 2.75) is 32.6 Å². The number of aromatic nitrogens is 1. The smallest absolute Gasteiger partial charge is 0.184 e. The molecule has 1 aliphatic rings. The van der Waals surface area contributed by atoms with E-state index in [-0.39, 0.29) is 11.7 Å². The summed E-state index contributed by atoms with van der Waals surface area (Å²) in [6, 6.07) is 5.57. The lowest BCUT2D eigenvalue weighted by atomic mass is 9.89. The molecule has 0 saturated carbocycles. The number of piperidine rings is 1. The summed E-state index contributed by atoms with van der Waals surface area (Å²) in [5.41, 5.74) is 0.606. The van der Waals surface area contributed by atoms with Gasteiger partial charge in [-0.3, -0.25) is 4.79 Å². The van der Waals surface area contributed by atoms with Crippen molar-refractivity contribution >= 4 is 21.7 Å². The fourth-order valence-corrected chi connectivity index (χ4v) is 3.32. The Bertz CT molecular complexity index is 467. The molecule has 4 heteroatoms. The minimum Gasteiger partial charge on any atom is -0.326 e. The number of carbonyl (C=O) groups is 1. The van der Waals surface area contributed by atoms with Crippen molar-refractivity contribution in [3.05, 3.63) is 28.5 Å². The zero-order valence-corrected chi connectivity index (χ0v) is 14.0. The monoisotopic (exact) mass is 339 g/mol. The van der Waals surface area contributed by atoms with Crippen molar-refractivity contribution in [1.29, 1.82) is 0 Å². The van der Waals surface area contributed by atoms with Gasteiger partial charge in [0.2, 0.25) is 0 Å². The third-order valence-electron chi connectivity index (χ3n) is 4.42. The number of hydrogen-bond acceptors (Lipinski definition) is 2. The van der Waals surface area contributed by atoms with Gasteiger partial charge in [0.15, 0.2) is 5.78 Å². The van der Waals surface area contributed by atoms with E-state index in [0.717, 1.165) is 35.0 Å². The maximum Gasteiger partial charge on any atom is 0.184 e. The highest BCUT2D eigenvalue weighted by molar-refractivity contribution is 9.10. The van der Waals surface area contributed by atoms with Gasteiger partial charge in [0.05, 0.1) is 26.7 Å². The lowest BCUT2D eigenvalue weighted by Gasteiger charge is -2.40. The molecule has 0 aliphatic carbocycles. The molecule has 110 valence electrons. The van der Waals surface area contributed by atoms with Crippen LogP contribution in [0.25, 0.3) is 0 Å². The summed E-state index contributed by atoms with van der Waals surface area (Å²) < 4.78 is 1.87. The summed E-state index contributed by atoms with van der Waals surface area (Å²) in [6.07, 6.45) is 4.51. The molecule has 0 amide bonds. The van der Waals surface area contributed by atoms with Gasteiger partial charge < -0.3 is 4.48 Å². The van der Waals surface area contributed by atoms with E-state index in [2.05, 4.69) is 34.9 Å². The molecule has 0 unspecified atom stereocenters. The van der Waals surface area contributed by atoms with E-state index in [1.165, 1.54) is 19.4 Å². The number of carbonyl (C=O) groups excluding carboxylic acids is 1. The van der Waals surface area contributed by atoms with Crippen molar-refractivity contribution in [3.8, 4) is 0 Å². The summed E-state index contributed by atoms with van der Waals surface area (Å²) in [7, 11) is 2.33. The summed E-state index contributed by atoms with van der Waals surface area (Å²) in [5.74, 6) is 0.373. The van der Waals surface area contributed by atoms with Crippen molar-refractivity contribution in [3.63, 3.8) is 0 Å². The average molecular weight is 340 g/mol. The minimum atomic E-state index is 0.157. The number of ketones is 1. The van der Waals surface area contributed by atoms with Crippen LogP contribution in [0.5, 0.6) is 0 Å². The number of Topliss-reactive ketones (excluding diaryl/α,β-unsaturated/α-hetero) is 1. The molecule has 1 aromatic rings. The number of unbranched alkanes of at least 4 members (excludes halogenated alkanes) is 1. The first kappa shape index (κ1) is 15.6. The van der Waals surface area contributed by atoms with Crippen molar-refractivity contribution in [2.24, 2.45) is 5.92 Å². The fourth-order valence-electron chi connectivity index (χ4n) is 2.97. The first-order valence-electron chi connectivity index (χ1n) is 7.54. The van der Waals surface area contributed by atoms with Crippen LogP contribution in [0.2, 0.25) is 0 Å². The van der Waals surface area contributed by atoms with E-state index < -0.39 is 0 Å². The molecule has 3 nitrogen and oxygen atoms in total. The van der Waals surface area contributed by atoms with E-state index in [1.807, 2.05) is 18.2 Å². The fraction of sp³-hybridized carbons (Fsp3) is 0.625. The molecule has 1 saturated heterocycles. The third kappa shape index (κ3) is 3.89. The van der Waals surface area contributed by atoms with Crippen molar-refractivity contribution < 1.29 is 9.28 Å². The minimum absolute atomic E-state index is 0.157. The molecule has 0 radical (unpaired) electrons. The van der Waals surface area contributed by atoms with Crippen LogP contribution in [-0.2, 0) is 0 Å². The van der Waals surface area contributed by atoms with E-state index in [9.17, 15) is 4.79 Å².